The summed E-state index contributed by atoms with van der Waals surface area (Å²) in [6, 6.07) is 0. The zero-order chi connectivity index (χ0) is 9.23. The molecule has 1 radical (unpaired) electrons. The monoisotopic (exact) mass is 167 g/mol. The van der Waals surface area contributed by atoms with Crippen LogP contribution in [0, 0.1) is 12.8 Å². The summed E-state index contributed by atoms with van der Waals surface area (Å²) in [6.45, 7) is 8.26. The lowest BCUT2D eigenvalue weighted by Crippen LogP contribution is -1.86. The predicted octanol–water partition coefficient (Wildman–Crippen LogP) is 4.37. The van der Waals surface area contributed by atoms with Crippen molar-refractivity contribution in [1.82, 2.24) is 0 Å². The number of hydrogen-bond donors (Lipinski definition) is 0. The molecule has 0 nitrogen and oxygen atoms in total. The van der Waals surface area contributed by atoms with E-state index in [1.165, 1.54) is 38.5 Å². The van der Waals surface area contributed by atoms with Gasteiger partial charge in [-0.05, 0) is 25.7 Å². The quantitative estimate of drug-likeness (QED) is 0.494. The van der Waals surface area contributed by atoms with E-state index in [1.807, 2.05) is 6.08 Å². The Labute approximate surface area is 78.1 Å². The topological polar surface area (TPSA) is 0 Å². The first-order chi connectivity index (χ1) is 5.77. The molecule has 0 heterocycles. The van der Waals surface area contributed by atoms with E-state index in [4.69, 9.17) is 0 Å². The second-order valence-electron chi connectivity index (χ2n) is 3.86. The molecular formula is C12H23. The normalized spacial score (nSPS) is 11.7. The van der Waals surface area contributed by atoms with Gasteiger partial charge in [0.2, 0.25) is 0 Å². The molecule has 0 fully saturated rings. The minimum Gasteiger partial charge on any atom is -0.0885 e. The summed E-state index contributed by atoms with van der Waals surface area (Å²) in [5.74, 6) is 0.879. The van der Waals surface area contributed by atoms with Gasteiger partial charge in [0, 0.05) is 0 Å². The lowest BCUT2D eigenvalue weighted by molar-refractivity contribution is 0.521. The van der Waals surface area contributed by atoms with Crippen LogP contribution in [-0.4, -0.2) is 0 Å². The van der Waals surface area contributed by atoms with E-state index in [0.29, 0.717) is 0 Å². The lowest BCUT2D eigenvalue weighted by atomic mass is 10.0. The maximum Gasteiger partial charge on any atom is -0.0316 e. The average molecular weight is 167 g/mol. The van der Waals surface area contributed by atoms with Gasteiger partial charge in [-0.1, -0.05) is 51.7 Å². The van der Waals surface area contributed by atoms with Crippen molar-refractivity contribution >= 4 is 0 Å². The van der Waals surface area contributed by atoms with Crippen LogP contribution in [0.25, 0.3) is 0 Å². The molecule has 0 N–H and O–H groups in total. The second-order valence-corrected chi connectivity index (χ2v) is 3.86. The fourth-order valence-electron chi connectivity index (χ4n) is 1.29. The van der Waals surface area contributed by atoms with Crippen molar-refractivity contribution in [2.24, 2.45) is 5.92 Å². The summed E-state index contributed by atoms with van der Waals surface area (Å²) in [5.41, 5.74) is 0. The van der Waals surface area contributed by atoms with Gasteiger partial charge in [-0.15, -0.1) is 0 Å². The molecule has 0 aromatic rings. The molecule has 0 aliphatic heterocycles. The SMILES string of the molecule is [CH2]C=CCCCCCCC(C)C. The minimum atomic E-state index is 0.879. The number of hydrogen-bond acceptors (Lipinski definition) is 0. The van der Waals surface area contributed by atoms with Crippen molar-refractivity contribution in [2.45, 2.75) is 52.4 Å². The van der Waals surface area contributed by atoms with Crippen molar-refractivity contribution in [3.05, 3.63) is 19.1 Å². The van der Waals surface area contributed by atoms with E-state index in [9.17, 15) is 0 Å². The molecule has 0 spiro atoms. The van der Waals surface area contributed by atoms with Crippen LogP contribution in [0.2, 0.25) is 0 Å². The highest BCUT2D eigenvalue weighted by Gasteiger charge is 1.93. The molecule has 0 unspecified atom stereocenters. The van der Waals surface area contributed by atoms with Crippen LogP contribution in [0.4, 0.5) is 0 Å². The van der Waals surface area contributed by atoms with E-state index in [1.54, 1.807) is 0 Å². The fourth-order valence-corrected chi connectivity index (χ4v) is 1.29. The third-order valence-corrected chi connectivity index (χ3v) is 2.07. The molecule has 0 saturated heterocycles. The maximum atomic E-state index is 3.66. The molecule has 0 aliphatic rings. The molecule has 71 valence electrons. The molecule has 12 heavy (non-hydrogen) atoms. The number of unbranched alkanes of at least 4 members (excludes halogenated alkanes) is 4. The van der Waals surface area contributed by atoms with Crippen LogP contribution in [0.1, 0.15) is 52.4 Å². The van der Waals surface area contributed by atoms with Gasteiger partial charge in [0.1, 0.15) is 0 Å². The molecule has 0 rings (SSSR count). The van der Waals surface area contributed by atoms with E-state index >= 15 is 0 Å². The van der Waals surface area contributed by atoms with Crippen LogP contribution in [0.3, 0.4) is 0 Å². The van der Waals surface area contributed by atoms with Gasteiger partial charge in [0.25, 0.3) is 0 Å². The van der Waals surface area contributed by atoms with Crippen LogP contribution in [0.5, 0.6) is 0 Å². The summed E-state index contributed by atoms with van der Waals surface area (Å²) in [4.78, 5) is 0. The molecule has 0 heteroatoms. The molecule has 0 atom stereocenters. The predicted molar refractivity (Wildman–Crippen MR) is 57.0 cm³/mol. The highest BCUT2D eigenvalue weighted by atomic mass is 14.0. The first kappa shape index (κ1) is 11.7. The third kappa shape index (κ3) is 9.74. The molecular weight excluding hydrogens is 144 g/mol. The minimum absolute atomic E-state index is 0.879. The highest BCUT2D eigenvalue weighted by molar-refractivity contribution is 4.83. The number of allylic oxidation sites excluding steroid dienone is 2. The first-order valence-corrected chi connectivity index (χ1v) is 5.21. The summed E-state index contributed by atoms with van der Waals surface area (Å²) < 4.78 is 0. The zero-order valence-corrected chi connectivity index (χ0v) is 8.68. The summed E-state index contributed by atoms with van der Waals surface area (Å²) in [7, 11) is 0. The Morgan fingerprint density at radius 1 is 1.08 bits per heavy atom. The molecule has 0 amide bonds. The van der Waals surface area contributed by atoms with Crippen LogP contribution in [-0.2, 0) is 0 Å². The standard InChI is InChI=1S/C12H23/c1-4-5-6-7-8-9-10-11-12(2)3/h4-5,12H,1,6-11H2,2-3H3. The zero-order valence-electron chi connectivity index (χ0n) is 8.68. The van der Waals surface area contributed by atoms with Gasteiger partial charge < -0.3 is 0 Å². The maximum absolute atomic E-state index is 3.66. The lowest BCUT2D eigenvalue weighted by Gasteiger charge is -2.02. The van der Waals surface area contributed by atoms with Crippen molar-refractivity contribution in [1.29, 1.82) is 0 Å². The number of rotatable bonds is 7. The van der Waals surface area contributed by atoms with Gasteiger partial charge in [0.05, 0.1) is 0 Å². The Morgan fingerprint density at radius 3 is 2.33 bits per heavy atom. The molecule has 0 aromatic carbocycles. The van der Waals surface area contributed by atoms with Crippen molar-refractivity contribution < 1.29 is 0 Å². The molecule has 0 saturated carbocycles. The highest BCUT2D eigenvalue weighted by Crippen LogP contribution is 2.10. The van der Waals surface area contributed by atoms with Gasteiger partial charge in [-0.3, -0.25) is 0 Å². The molecule has 0 aromatic heterocycles. The van der Waals surface area contributed by atoms with Crippen LogP contribution >= 0.6 is 0 Å². The molecule has 0 aliphatic carbocycles. The van der Waals surface area contributed by atoms with Crippen molar-refractivity contribution in [3.8, 4) is 0 Å². The smallest absolute Gasteiger partial charge is 0.0316 e. The Kier molecular flexibility index (Phi) is 8.64. The average Bonchev–Trinajstić information content (AvgIpc) is 2.02. The first-order valence-electron chi connectivity index (χ1n) is 5.21. The van der Waals surface area contributed by atoms with Gasteiger partial charge in [-0.2, -0.15) is 0 Å². The summed E-state index contributed by atoms with van der Waals surface area (Å²) in [6.07, 6.45) is 12.2. The Balaban J connectivity index is 2.91. The van der Waals surface area contributed by atoms with Crippen molar-refractivity contribution in [2.75, 3.05) is 0 Å². The van der Waals surface area contributed by atoms with E-state index in [2.05, 4.69) is 26.8 Å². The largest absolute Gasteiger partial charge is 0.0885 e. The Hall–Kier alpha value is -0.260. The van der Waals surface area contributed by atoms with Crippen LogP contribution in [0.15, 0.2) is 12.2 Å². The fraction of sp³-hybridized carbons (Fsp3) is 0.750. The van der Waals surface area contributed by atoms with Crippen LogP contribution < -0.4 is 0 Å². The molecule has 0 bridgehead atoms. The second kappa shape index (κ2) is 8.83. The van der Waals surface area contributed by atoms with Gasteiger partial charge in [-0.25, -0.2) is 0 Å². The Bertz CT molecular complexity index is 101. The Morgan fingerprint density at radius 2 is 1.75 bits per heavy atom. The third-order valence-electron chi connectivity index (χ3n) is 2.07. The van der Waals surface area contributed by atoms with Gasteiger partial charge >= 0.3 is 0 Å². The summed E-state index contributed by atoms with van der Waals surface area (Å²) >= 11 is 0. The summed E-state index contributed by atoms with van der Waals surface area (Å²) in [5, 5.41) is 0. The van der Waals surface area contributed by atoms with E-state index in [-0.39, 0.29) is 0 Å². The van der Waals surface area contributed by atoms with Crippen molar-refractivity contribution in [3.63, 3.8) is 0 Å². The van der Waals surface area contributed by atoms with E-state index < -0.39 is 0 Å². The van der Waals surface area contributed by atoms with E-state index in [0.717, 1.165) is 5.92 Å². The van der Waals surface area contributed by atoms with Gasteiger partial charge in [0.15, 0.2) is 0 Å².